The van der Waals surface area contributed by atoms with Crippen LogP contribution in [-0.4, -0.2) is 116 Å². The van der Waals surface area contributed by atoms with E-state index in [1.807, 2.05) is 6.92 Å². The second-order valence-corrected chi connectivity index (χ2v) is 45.6. The first-order valence-electron chi connectivity index (χ1n) is 26.7. The standard InChI is InChI=1S/C53H103IO9Si4/c1-21-67(22-2,23-3)56-34-33-40-29-31-43-46(58-40)48(62-65(17,18)51(9,10)11)49(63-66(19,20)52(12,13)14)47(59-43)44(61-64(15,16)50(6,7)8)28-26-24-25-27-42-36-53(37-54)45(57-42)32-30-41(60-53)35-38(4)39(5)55/h26,28,38,40-49,55H,5,21-25,27,29-37H2,1-4,6-20H3/b28-26+/t38-,40-,41?,42+,43+,44+,45+,46+,47+,48?,49?,53?/m1/s1. The summed E-state index contributed by atoms with van der Waals surface area (Å²) in [4.78, 5) is 0. The van der Waals surface area contributed by atoms with Gasteiger partial charge in [0.15, 0.2) is 33.3 Å². The fourth-order valence-corrected chi connectivity index (χ4v) is 17.3. The third-order valence-corrected chi connectivity index (χ3v) is 37.3. The Bertz CT molecular complexity index is 1580. The molecule has 0 saturated carbocycles. The topological polar surface area (TPSA) is 94.1 Å². The largest absolute Gasteiger partial charge is 0.513 e. The number of hydrogen-bond acceptors (Lipinski definition) is 9. The Balaban J connectivity index is 1.66. The Morgan fingerprint density at radius 3 is 1.87 bits per heavy atom. The van der Waals surface area contributed by atoms with Crippen LogP contribution >= 0.6 is 22.6 Å². The number of alkyl halides is 1. The van der Waals surface area contributed by atoms with Gasteiger partial charge in [-0.1, -0.05) is 131 Å². The second-order valence-electron chi connectivity index (χ2n) is 25.8. The Hall–Kier alpha value is 0.558. The maximum absolute atomic E-state index is 10.0. The highest BCUT2D eigenvalue weighted by Gasteiger charge is 2.58. The van der Waals surface area contributed by atoms with Crippen molar-refractivity contribution in [1.82, 2.24) is 0 Å². The highest BCUT2D eigenvalue weighted by Crippen LogP contribution is 2.48. The van der Waals surface area contributed by atoms with Crippen molar-refractivity contribution >= 4 is 55.9 Å². The summed E-state index contributed by atoms with van der Waals surface area (Å²) >= 11 is 2.49. The lowest BCUT2D eigenvalue weighted by Crippen LogP contribution is -2.69. The normalized spacial score (nSPS) is 31.4. The molecule has 4 saturated heterocycles. The molecular formula is C53H103IO9Si4. The average Bonchev–Trinajstić information content (AvgIpc) is 3.59. The van der Waals surface area contributed by atoms with Crippen LogP contribution in [0.25, 0.3) is 0 Å². The van der Waals surface area contributed by atoms with E-state index in [1.54, 1.807) is 0 Å². The van der Waals surface area contributed by atoms with E-state index in [4.69, 9.17) is 36.7 Å². The number of ether oxygens (including phenoxy) is 4. The average molecular weight is 1120 g/mol. The first-order chi connectivity index (χ1) is 30.8. The highest BCUT2D eigenvalue weighted by molar-refractivity contribution is 14.1. The summed E-state index contributed by atoms with van der Waals surface area (Å²) in [5.74, 6) is 0.272. The molecule has 0 amide bonds. The van der Waals surface area contributed by atoms with Gasteiger partial charge in [0.05, 0.1) is 42.4 Å². The molecule has 0 spiro atoms. The first kappa shape index (κ1) is 60.1. The van der Waals surface area contributed by atoms with Crippen molar-refractivity contribution in [3.8, 4) is 0 Å². The molecule has 1 N–H and O–H groups in total. The molecule has 67 heavy (non-hydrogen) atoms. The number of halogens is 1. The highest BCUT2D eigenvalue weighted by atomic mass is 127. The number of fused-ring (bicyclic) bond motifs is 2. The van der Waals surface area contributed by atoms with E-state index in [0.29, 0.717) is 0 Å². The zero-order valence-electron chi connectivity index (χ0n) is 46.4. The van der Waals surface area contributed by atoms with Crippen LogP contribution in [-0.2, 0) is 36.7 Å². The number of allylic oxidation sites excluding steroid dienone is 2. The molecule has 4 fully saturated rings. The van der Waals surface area contributed by atoms with Crippen LogP contribution in [0, 0.1) is 5.92 Å². The van der Waals surface area contributed by atoms with E-state index < -0.39 is 33.3 Å². The predicted octanol–water partition coefficient (Wildman–Crippen LogP) is 15.2. The summed E-state index contributed by atoms with van der Waals surface area (Å²) in [6.07, 6.45) is 12.7. The van der Waals surface area contributed by atoms with Crippen LogP contribution in [0.15, 0.2) is 24.5 Å². The maximum Gasteiger partial charge on any atom is 0.193 e. The Kier molecular flexibility index (Phi) is 21.4. The Labute approximate surface area is 429 Å². The lowest BCUT2D eigenvalue weighted by molar-refractivity contribution is -0.267. The summed E-state index contributed by atoms with van der Waals surface area (Å²) in [5, 5.41) is 9.97. The molecular weight excluding hydrogens is 1020 g/mol. The molecule has 0 aromatic carbocycles. The number of aliphatic hydroxyl groups is 1. The molecule has 4 rings (SSSR count). The molecule has 0 bridgehead atoms. The van der Waals surface area contributed by atoms with Gasteiger partial charge >= 0.3 is 0 Å². The van der Waals surface area contributed by atoms with Crippen LogP contribution in [0.5, 0.6) is 0 Å². The van der Waals surface area contributed by atoms with Crippen molar-refractivity contribution in [2.75, 3.05) is 11.0 Å². The fourth-order valence-electron chi connectivity index (χ4n) is 9.79. The predicted molar refractivity (Wildman–Crippen MR) is 298 cm³/mol. The van der Waals surface area contributed by atoms with Gasteiger partial charge in [0.1, 0.15) is 30.0 Å². The van der Waals surface area contributed by atoms with Crippen LogP contribution < -0.4 is 0 Å². The molecule has 4 aliphatic rings. The quantitative estimate of drug-likeness (QED) is 0.0268. The zero-order valence-corrected chi connectivity index (χ0v) is 52.6. The van der Waals surface area contributed by atoms with E-state index in [0.717, 1.165) is 93.4 Å². The fraction of sp³-hybridized carbons (Fsp3) is 0.925. The molecule has 0 aromatic rings. The Morgan fingerprint density at radius 1 is 0.761 bits per heavy atom. The number of hydrogen-bond donors (Lipinski definition) is 1. The van der Waals surface area contributed by atoms with Crippen molar-refractivity contribution in [3.05, 3.63) is 24.5 Å². The monoisotopic (exact) mass is 1120 g/mol. The summed E-state index contributed by atoms with van der Waals surface area (Å²) in [7, 11) is -8.77. The van der Waals surface area contributed by atoms with Gasteiger partial charge in [0.2, 0.25) is 0 Å². The molecule has 392 valence electrons. The van der Waals surface area contributed by atoms with Crippen molar-refractivity contribution in [3.63, 3.8) is 0 Å². The van der Waals surface area contributed by atoms with Crippen molar-refractivity contribution in [2.24, 2.45) is 5.92 Å². The van der Waals surface area contributed by atoms with Gasteiger partial charge in [0, 0.05) is 23.4 Å². The molecule has 9 nitrogen and oxygen atoms in total. The second kappa shape index (κ2) is 23.8. The van der Waals surface area contributed by atoms with E-state index in [1.165, 1.54) is 0 Å². The summed E-state index contributed by atoms with van der Waals surface area (Å²) < 4.78 is 59.1. The minimum atomic E-state index is -2.39. The molecule has 4 unspecified atom stereocenters. The zero-order chi connectivity index (χ0) is 50.6. The van der Waals surface area contributed by atoms with Gasteiger partial charge in [-0.2, -0.15) is 0 Å². The van der Waals surface area contributed by atoms with Crippen LogP contribution in [0.2, 0.25) is 72.5 Å². The van der Waals surface area contributed by atoms with E-state index in [2.05, 4.69) is 164 Å². The molecule has 12 atom stereocenters. The summed E-state index contributed by atoms with van der Waals surface area (Å²) in [5.41, 5.74) is -0.260. The van der Waals surface area contributed by atoms with Gasteiger partial charge in [-0.15, -0.1) is 0 Å². The minimum absolute atomic E-state index is 0.00344. The maximum atomic E-state index is 10.0. The third kappa shape index (κ3) is 15.1. The molecule has 4 aliphatic heterocycles. The van der Waals surface area contributed by atoms with Gasteiger partial charge in [-0.05, 0) is 130 Å². The number of aliphatic hydroxyl groups excluding tert-OH is 1. The first-order valence-corrected chi connectivity index (χ1v) is 39.5. The minimum Gasteiger partial charge on any atom is -0.513 e. The summed E-state index contributed by atoms with van der Waals surface area (Å²) in [6, 6.07) is 3.46. The molecule has 0 aromatic heterocycles. The molecule has 0 aliphatic carbocycles. The van der Waals surface area contributed by atoms with Gasteiger partial charge in [-0.3, -0.25) is 0 Å². The van der Waals surface area contributed by atoms with Crippen LogP contribution in [0.4, 0.5) is 0 Å². The van der Waals surface area contributed by atoms with Crippen molar-refractivity contribution in [1.29, 1.82) is 0 Å². The molecule has 0 radical (unpaired) electrons. The SMILES string of the molecule is C=C(O)[C@H](C)CC1CC[C@@H]2O[C@@H](CCC/C=C/[C@H](O[Si](C)(C)C(C)(C)C)[C@@H]3O[C@H]4CC[C@H](CCO[Si](CC)(CC)CC)O[C@@H]4C(O[Si](C)(C)C(C)(C)C)C3O[Si](C)(C)C(C)(C)C)CC2(CI)O1. The smallest absolute Gasteiger partial charge is 0.193 e. The molecule has 14 heteroatoms. The van der Waals surface area contributed by atoms with Gasteiger partial charge in [0.25, 0.3) is 0 Å². The van der Waals surface area contributed by atoms with Gasteiger partial charge < -0.3 is 41.8 Å². The van der Waals surface area contributed by atoms with Crippen molar-refractivity contribution in [2.45, 2.75) is 293 Å². The van der Waals surface area contributed by atoms with Gasteiger partial charge in [-0.25, -0.2) is 0 Å². The van der Waals surface area contributed by atoms with E-state index >= 15 is 0 Å². The van der Waals surface area contributed by atoms with Crippen molar-refractivity contribution < 1.29 is 41.8 Å². The lowest BCUT2D eigenvalue weighted by Gasteiger charge is -2.56. The number of rotatable bonds is 23. The number of unbranched alkanes of at least 4 members (excludes halogenated alkanes) is 1. The van der Waals surface area contributed by atoms with Crippen LogP contribution in [0.3, 0.4) is 0 Å². The lowest BCUT2D eigenvalue weighted by atomic mass is 9.85. The Morgan fingerprint density at radius 2 is 1.33 bits per heavy atom. The molecule has 4 heterocycles. The van der Waals surface area contributed by atoms with Crippen LogP contribution in [0.1, 0.15) is 154 Å². The van der Waals surface area contributed by atoms with E-state index in [-0.39, 0.29) is 93.4 Å². The summed E-state index contributed by atoms with van der Waals surface area (Å²) in [6.45, 7) is 48.7. The third-order valence-electron chi connectivity index (χ3n) is 17.9. The van der Waals surface area contributed by atoms with E-state index in [9.17, 15) is 5.11 Å².